The highest BCUT2D eigenvalue weighted by atomic mass is 15.1. The Kier molecular flexibility index (Phi) is 3.31. The molecule has 1 atom stereocenters. The van der Waals surface area contributed by atoms with E-state index in [0.29, 0.717) is 5.92 Å². The predicted molar refractivity (Wildman–Crippen MR) is 103 cm³/mol. The molecule has 0 amide bonds. The maximum Gasteiger partial charge on any atom is 0.0454 e. The molecule has 2 heterocycles. The molecule has 0 spiro atoms. The Bertz CT molecular complexity index is 935. The van der Waals surface area contributed by atoms with Gasteiger partial charge in [0.05, 0.1) is 0 Å². The molecule has 1 unspecified atom stereocenters. The Morgan fingerprint density at radius 2 is 2.00 bits per heavy atom. The van der Waals surface area contributed by atoms with Crippen molar-refractivity contribution in [2.75, 3.05) is 20.6 Å². The van der Waals surface area contributed by atoms with E-state index in [4.69, 9.17) is 0 Å². The molecule has 3 nitrogen and oxygen atoms in total. The Morgan fingerprint density at radius 1 is 1.12 bits per heavy atom. The summed E-state index contributed by atoms with van der Waals surface area (Å²) in [6, 6.07) is 16.2. The zero-order valence-corrected chi connectivity index (χ0v) is 15.0. The van der Waals surface area contributed by atoms with Gasteiger partial charge in [-0.15, -0.1) is 0 Å². The minimum atomic E-state index is 0.241. The van der Waals surface area contributed by atoms with E-state index in [-0.39, 0.29) is 5.54 Å². The lowest BCUT2D eigenvalue weighted by atomic mass is 9.83. The average Bonchev–Trinajstić information content (AvgIpc) is 3.30. The summed E-state index contributed by atoms with van der Waals surface area (Å²) < 4.78 is 0. The molecule has 3 heteroatoms. The number of fused-ring (bicyclic) bond motifs is 2. The fraction of sp³-hybridized carbons (Fsp3) is 0.364. The highest BCUT2D eigenvalue weighted by Gasteiger charge is 2.43. The van der Waals surface area contributed by atoms with Gasteiger partial charge in [-0.1, -0.05) is 24.3 Å². The Labute approximate surface area is 149 Å². The second-order valence-electron chi connectivity index (χ2n) is 7.82. The van der Waals surface area contributed by atoms with E-state index in [1.54, 1.807) is 0 Å². The van der Waals surface area contributed by atoms with Crippen molar-refractivity contribution in [3.05, 3.63) is 70.9 Å². The van der Waals surface area contributed by atoms with Crippen molar-refractivity contribution in [2.45, 2.75) is 30.8 Å². The van der Waals surface area contributed by atoms with E-state index in [1.807, 2.05) is 6.20 Å². The lowest BCUT2D eigenvalue weighted by molar-refractivity contribution is 0.295. The minimum absolute atomic E-state index is 0.241. The van der Waals surface area contributed by atoms with Crippen LogP contribution in [-0.4, -0.2) is 30.5 Å². The van der Waals surface area contributed by atoms with Gasteiger partial charge in [-0.05, 0) is 72.8 Å². The Morgan fingerprint density at radius 3 is 2.80 bits per heavy atom. The van der Waals surface area contributed by atoms with Crippen LogP contribution >= 0.6 is 0 Å². The molecule has 1 saturated carbocycles. The normalized spacial score (nSPS) is 22.1. The third-order valence-corrected chi connectivity index (χ3v) is 6.21. The van der Waals surface area contributed by atoms with Crippen LogP contribution in [0.2, 0.25) is 0 Å². The molecule has 2 N–H and O–H groups in total. The van der Waals surface area contributed by atoms with Crippen molar-refractivity contribution in [3.8, 4) is 0 Å². The second-order valence-corrected chi connectivity index (χ2v) is 7.82. The molecule has 128 valence electrons. The largest absolute Gasteiger partial charge is 0.361 e. The molecule has 0 bridgehead atoms. The van der Waals surface area contributed by atoms with Crippen LogP contribution in [0, 0.1) is 0 Å². The van der Waals surface area contributed by atoms with Crippen LogP contribution in [0.3, 0.4) is 0 Å². The third-order valence-electron chi connectivity index (χ3n) is 6.21. The highest BCUT2D eigenvalue weighted by molar-refractivity contribution is 5.80. The van der Waals surface area contributed by atoms with E-state index >= 15 is 0 Å². The zero-order chi connectivity index (χ0) is 17.0. The molecule has 0 radical (unpaired) electrons. The van der Waals surface area contributed by atoms with Crippen molar-refractivity contribution >= 4 is 10.9 Å². The van der Waals surface area contributed by atoms with E-state index in [1.165, 1.54) is 46.0 Å². The van der Waals surface area contributed by atoms with Gasteiger partial charge in [0, 0.05) is 36.3 Å². The molecule has 3 aromatic rings. The Balaban J connectivity index is 1.58. The summed E-state index contributed by atoms with van der Waals surface area (Å²) in [6.45, 7) is 2.13. The number of likely N-dealkylation sites (N-methyl/N-ethyl adjacent to an activating group) is 1. The maximum atomic E-state index is 3.53. The molecule has 1 aliphatic heterocycles. The monoisotopic (exact) mass is 331 g/mol. The number of nitrogens with one attached hydrogen (secondary N) is 2. The first-order valence-electron chi connectivity index (χ1n) is 9.26. The number of aromatic nitrogens is 1. The van der Waals surface area contributed by atoms with E-state index in [0.717, 1.165) is 13.1 Å². The number of benzene rings is 2. The SMILES string of the molecule is CNC1(c2ccc3c(c2)CN(C)CC3c2ccc3[nH]ccc3c2)CC1. The van der Waals surface area contributed by atoms with Gasteiger partial charge in [-0.3, -0.25) is 0 Å². The molecular weight excluding hydrogens is 306 g/mol. The maximum absolute atomic E-state index is 3.53. The Hall–Kier alpha value is -2.10. The number of hydrogen-bond donors (Lipinski definition) is 2. The molecule has 5 rings (SSSR count). The number of H-pyrrole nitrogens is 1. The van der Waals surface area contributed by atoms with Crippen molar-refractivity contribution in [3.63, 3.8) is 0 Å². The summed E-state index contributed by atoms with van der Waals surface area (Å²) in [6.07, 6.45) is 4.53. The van der Waals surface area contributed by atoms with Gasteiger partial charge in [0.1, 0.15) is 0 Å². The first-order chi connectivity index (χ1) is 12.2. The molecule has 1 aliphatic carbocycles. The van der Waals surface area contributed by atoms with Crippen molar-refractivity contribution in [2.24, 2.45) is 0 Å². The van der Waals surface area contributed by atoms with E-state index in [9.17, 15) is 0 Å². The number of hydrogen-bond acceptors (Lipinski definition) is 2. The summed E-state index contributed by atoms with van der Waals surface area (Å²) in [5, 5.41) is 4.83. The van der Waals surface area contributed by atoms with Gasteiger partial charge in [-0.2, -0.15) is 0 Å². The summed E-state index contributed by atoms with van der Waals surface area (Å²) in [5.74, 6) is 0.451. The van der Waals surface area contributed by atoms with Crippen LogP contribution in [0.1, 0.15) is 41.0 Å². The van der Waals surface area contributed by atoms with Crippen LogP contribution in [0.15, 0.2) is 48.7 Å². The molecule has 1 aromatic heterocycles. The molecular formula is C22H25N3. The molecule has 1 fully saturated rings. The second kappa shape index (κ2) is 5.45. The summed E-state index contributed by atoms with van der Waals surface area (Å²) in [7, 11) is 4.33. The van der Waals surface area contributed by atoms with Crippen molar-refractivity contribution in [1.82, 2.24) is 15.2 Å². The summed E-state index contributed by atoms with van der Waals surface area (Å²) in [4.78, 5) is 5.75. The fourth-order valence-corrected chi connectivity index (χ4v) is 4.53. The number of nitrogens with zero attached hydrogens (tertiary/aromatic N) is 1. The summed E-state index contributed by atoms with van der Waals surface area (Å²) in [5.41, 5.74) is 7.33. The van der Waals surface area contributed by atoms with Crippen LogP contribution < -0.4 is 5.32 Å². The van der Waals surface area contributed by atoms with Gasteiger partial charge >= 0.3 is 0 Å². The standard InChI is InChI=1S/C22H25N3/c1-23-22(8-9-22)18-4-5-19-17(12-18)13-25(2)14-20(19)15-3-6-21-16(11-15)7-10-24-21/h3-7,10-12,20,23-24H,8-9,13-14H2,1-2H3. The predicted octanol–water partition coefficient (Wildman–Crippen LogP) is 3.95. The first-order valence-corrected chi connectivity index (χ1v) is 9.26. The van der Waals surface area contributed by atoms with Gasteiger partial charge in [0.15, 0.2) is 0 Å². The number of aromatic amines is 1. The third kappa shape index (κ3) is 2.42. The lowest BCUT2D eigenvalue weighted by Crippen LogP contribution is -2.32. The van der Waals surface area contributed by atoms with Crippen molar-refractivity contribution < 1.29 is 0 Å². The van der Waals surface area contributed by atoms with Gasteiger partial charge in [0.2, 0.25) is 0 Å². The summed E-state index contributed by atoms with van der Waals surface area (Å²) >= 11 is 0. The molecule has 25 heavy (non-hydrogen) atoms. The zero-order valence-electron chi connectivity index (χ0n) is 15.0. The van der Waals surface area contributed by atoms with E-state index < -0.39 is 0 Å². The quantitative estimate of drug-likeness (QED) is 0.761. The van der Waals surface area contributed by atoms with Crippen LogP contribution in [0.4, 0.5) is 0 Å². The molecule has 2 aliphatic rings. The minimum Gasteiger partial charge on any atom is -0.361 e. The first kappa shape index (κ1) is 15.2. The van der Waals surface area contributed by atoms with E-state index in [2.05, 4.69) is 71.8 Å². The van der Waals surface area contributed by atoms with Gasteiger partial charge in [-0.25, -0.2) is 0 Å². The van der Waals surface area contributed by atoms with Crippen LogP contribution in [0.5, 0.6) is 0 Å². The van der Waals surface area contributed by atoms with Gasteiger partial charge < -0.3 is 15.2 Å². The van der Waals surface area contributed by atoms with Crippen molar-refractivity contribution in [1.29, 1.82) is 0 Å². The molecule has 0 saturated heterocycles. The highest BCUT2D eigenvalue weighted by Crippen LogP contribution is 2.46. The topological polar surface area (TPSA) is 31.1 Å². The van der Waals surface area contributed by atoms with Crippen LogP contribution in [-0.2, 0) is 12.1 Å². The molecule has 2 aromatic carbocycles. The average molecular weight is 331 g/mol. The number of rotatable bonds is 3. The smallest absolute Gasteiger partial charge is 0.0454 e. The lowest BCUT2D eigenvalue weighted by Gasteiger charge is -2.33. The fourth-order valence-electron chi connectivity index (χ4n) is 4.53. The van der Waals surface area contributed by atoms with Gasteiger partial charge in [0.25, 0.3) is 0 Å². The van der Waals surface area contributed by atoms with Crippen LogP contribution in [0.25, 0.3) is 10.9 Å².